The average Bonchev–Trinajstić information content (AvgIpc) is 3.10. The maximum atomic E-state index is 6.07. The highest BCUT2D eigenvalue weighted by Gasteiger charge is 2.11. The Kier molecular flexibility index (Phi) is 5.63. The minimum atomic E-state index is 0.689. The fourth-order valence-corrected chi connectivity index (χ4v) is 3.50. The summed E-state index contributed by atoms with van der Waals surface area (Å²) in [6.45, 7) is 3.59. The number of benzene rings is 3. The molecule has 0 radical (unpaired) electrons. The number of imidazole rings is 1. The van der Waals surface area contributed by atoms with Crippen LogP contribution in [0.15, 0.2) is 72.8 Å². The van der Waals surface area contributed by atoms with Crippen molar-refractivity contribution >= 4 is 22.6 Å². The van der Waals surface area contributed by atoms with Gasteiger partial charge in [0.05, 0.1) is 17.6 Å². The van der Waals surface area contributed by atoms with Crippen LogP contribution in [0.25, 0.3) is 22.4 Å². The Morgan fingerprint density at radius 1 is 0.929 bits per heavy atom. The molecule has 0 aliphatic heterocycles. The summed E-state index contributed by atoms with van der Waals surface area (Å²) >= 11 is 6.07. The normalized spacial score (nSPS) is 11.1. The molecule has 1 heterocycles. The highest BCUT2D eigenvalue weighted by molar-refractivity contribution is 6.31. The third-order valence-electron chi connectivity index (χ3n) is 4.86. The number of fused-ring (bicyclic) bond motifs is 1. The molecule has 0 aliphatic carbocycles. The molecule has 0 saturated carbocycles. The topological polar surface area (TPSA) is 27.1 Å². The zero-order valence-electron chi connectivity index (χ0n) is 15.9. The van der Waals surface area contributed by atoms with Crippen molar-refractivity contribution in [2.24, 2.45) is 0 Å². The molecular weight excluding hydrogens is 368 g/mol. The van der Waals surface area contributed by atoms with Crippen LogP contribution in [0.2, 0.25) is 5.02 Å². The van der Waals surface area contributed by atoms with Gasteiger partial charge in [0.25, 0.3) is 0 Å². The Hall–Kier alpha value is -2.78. The summed E-state index contributed by atoms with van der Waals surface area (Å²) in [5.41, 5.74) is 4.40. The van der Waals surface area contributed by atoms with Gasteiger partial charge in [-0.25, -0.2) is 4.98 Å². The van der Waals surface area contributed by atoms with Crippen molar-refractivity contribution in [3.05, 3.63) is 83.4 Å². The van der Waals surface area contributed by atoms with Crippen LogP contribution in [-0.2, 0) is 6.54 Å². The minimum Gasteiger partial charge on any atom is -0.494 e. The Bertz CT molecular complexity index is 1070. The molecule has 0 aliphatic rings. The maximum absolute atomic E-state index is 6.07. The zero-order chi connectivity index (χ0) is 19.3. The zero-order valence-corrected chi connectivity index (χ0v) is 16.7. The van der Waals surface area contributed by atoms with Gasteiger partial charge < -0.3 is 9.30 Å². The molecule has 0 spiro atoms. The lowest BCUT2D eigenvalue weighted by molar-refractivity contribution is 0.303. The summed E-state index contributed by atoms with van der Waals surface area (Å²) in [7, 11) is 0. The molecule has 142 valence electrons. The van der Waals surface area contributed by atoms with E-state index in [1.54, 1.807) is 0 Å². The van der Waals surface area contributed by atoms with Gasteiger partial charge in [0, 0.05) is 17.1 Å². The van der Waals surface area contributed by atoms with Crippen LogP contribution in [0.3, 0.4) is 0 Å². The van der Waals surface area contributed by atoms with Crippen molar-refractivity contribution in [2.75, 3.05) is 6.61 Å². The maximum Gasteiger partial charge on any atom is 0.141 e. The van der Waals surface area contributed by atoms with E-state index in [0.717, 1.165) is 52.6 Å². The van der Waals surface area contributed by atoms with Crippen molar-refractivity contribution in [2.45, 2.75) is 26.3 Å². The summed E-state index contributed by atoms with van der Waals surface area (Å²) in [6, 6.07) is 24.5. The van der Waals surface area contributed by atoms with Gasteiger partial charge in [0.1, 0.15) is 11.6 Å². The summed E-state index contributed by atoms with van der Waals surface area (Å²) < 4.78 is 8.20. The highest BCUT2D eigenvalue weighted by atomic mass is 35.5. The molecule has 0 saturated heterocycles. The quantitative estimate of drug-likeness (QED) is 0.335. The van der Waals surface area contributed by atoms with E-state index >= 15 is 0 Å². The molecule has 3 aromatic carbocycles. The van der Waals surface area contributed by atoms with Crippen molar-refractivity contribution in [1.82, 2.24) is 9.55 Å². The van der Waals surface area contributed by atoms with E-state index in [1.807, 2.05) is 37.3 Å². The first kappa shape index (κ1) is 18.6. The first-order valence-electron chi connectivity index (χ1n) is 9.62. The molecule has 4 rings (SSSR count). The van der Waals surface area contributed by atoms with E-state index in [0.29, 0.717) is 6.61 Å². The number of nitrogens with zero attached hydrogens (tertiary/aromatic N) is 2. The lowest BCUT2D eigenvalue weighted by Crippen LogP contribution is -2.04. The van der Waals surface area contributed by atoms with E-state index in [4.69, 9.17) is 21.3 Å². The number of unbranched alkanes of at least 4 members (excludes halogenated alkanes) is 1. The van der Waals surface area contributed by atoms with E-state index in [9.17, 15) is 0 Å². The summed E-state index contributed by atoms with van der Waals surface area (Å²) in [5.74, 6) is 1.90. The van der Waals surface area contributed by atoms with Crippen LogP contribution in [0, 0.1) is 6.92 Å². The van der Waals surface area contributed by atoms with Gasteiger partial charge in [-0.1, -0.05) is 54.1 Å². The second kappa shape index (κ2) is 8.49. The molecule has 4 aromatic rings. The largest absolute Gasteiger partial charge is 0.494 e. The summed E-state index contributed by atoms with van der Waals surface area (Å²) in [5, 5.41) is 0.771. The molecule has 0 fully saturated rings. The Balaban J connectivity index is 1.43. The minimum absolute atomic E-state index is 0.689. The van der Waals surface area contributed by atoms with Crippen molar-refractivity contribution in [3.8, 4) is 17.1 Å². The van der Waals surface area contributed by atoms with Gasteiger partial charge in [0.15, 0.2) is 0 Å². The number of halogens is 1. The monoisotopic (exact) mass is 390 g/mol. The Labute approximate surface area is 170 Å². The predicted molar refractivity (Wildman–Crippen MR) is 116 cm³/mol. The first-order valence-corrected chi connectivity index (χ1v) is 10.00. The average molecular weight is 391 g/mol. The van der Waals surface area contributed by atoms with Gasteiger partial charge in [-0.2, -0.15) is 0 Å². The number of para-hydroxylation sites is 2. The summed E-state index contributed by atoms with van der Waals surface area (Å²) in [6.07, 6.45) is 2.00. The van der Waals surface area contributed by atoms with Gasteiger partial charge in [-0.15, -0.1) is 0 Å². The fraction of sp³-hybridized carbons (Fsp3) is 0.208. The van der Waals surface area contributed by atoms with Crippen LogP contribution < -0.4 is 4.74 Å². The van der Waals surface area contributed by atoms with E-state index in [2.05, 4.69) is 47.0 Å². The Morgan fingerprint density at radius 2 is 1.71 bits per heavy atom. The highest BCUT2D eigenvalue weighted by Crippen LogP contribution is 2.25. The van der Waals surface area contributed by atoms with Gasteiger partial charge in [-0.3, -0.25) is 0 Å². The van der Waals surface area contributed by atoms with Gasteiger partial charge in [0.2, 0.25) is 0 Å². The molecule has 0 N–H and O–H groups in total. The van der Waals surface area contributed by atoms with E-state index in [1.165, 1.54) is 5.52 Å². The van der Waals surface area contributed by atoms with Crippen LogP contribution in [0.1, 0.15) is 18.4 Å². The van der Waals surface area contributed by atoms with Crippen molar-refractivity contribution < 1.29 is 4.74 Å². The third kappa shape index (κ3) is 4.05. The van der Waals surface area contributed by atoms with Gasteiger partial charge >= 0.3 is 0 Å². The van der Waals surface area contributed by atoms with Crippen LogP contribution >= 0.6 is 11.6 Å². The second-order valence-corrected chi connectivity index (χ2v) is 7.32. The Morgan fingerprint density at radius 3 is 2.54 bits per heavy atom. The molecule has 3 nitrogen and oxygen atoms in total. The molecule has 28 heavy (non-hydrogen) atoms. The second-order valence-electron chi connectivity index (χ2n) is 6.91. The molecule has 1 aromatic heterocycles. The number of aromatic nitrogens is 2. The van der Waals surface area contributed by atoms with Crippen molar-refractivity contribution in [1.29, 1.82) is 0 Å². The van der Waals surface area contributed by atoms with Crippen LogP contribution in [0.5, 0.6) is 5.75 Å². The van der Waals surface area contributed by atoms with Gasteiger partial charge in [-0.05, 0) is 55.7 Å². The molecule has 0 atom stereocenters. The van der Waals surface area contributed by atoms with Crippen LogP contribution in [-0.4, -0.2) is 16.2 Å². The summed E-state index contributed by atoms with van der Waals surface area (Å²) in [4.78, 5) is 4.87. The number of hydrogen-bond donors (Lipinski definition) is 0. The fourth-order valence-electron chi connectivity index (χ4n) is 3.38. The van der Waals surface area contributed by atoms with E-state index in [-0.39, 0.29) is 0 Å². The van der Waals surface area contributed by atoms with E-state index < -0.39 is 0 Å². The number of aryl methyl sites for hydroxylation is 2. The predicted octanol–water partition coefficient (Wildman–Crippen LogP) is 6.52. The number of ether oxygens (including phenoxy) is 1. The van der Waals surface area contributed by atoms with Crippen LogP contribution in [0.4, 0.5) is 0 Å². The SMILES string of the molecule is Cc1cc(OCCCCn2c(-c3ccccc3)nc3ccccc32)ccc1Cl. The lowest BCUT2D eigenvalue weighted by Gasteiger charge is -2.11. The molecule has 0 unspecified atom stereocenters. The molecule has 0 bridgehead atoms. The standard InChI is InChI=1S/C24H23ClN2O/c1-18-17-20(13-14-21(18)25)28-16-8-7-15-27-23-12-6-5-11-22(23)26-24(27)19-9-3-2-4-10-19/h2-6,9-14,17H,7-8,15-16H2,1H3. The number of rotatable bonds is 7. The smallest absolute Gasteiger partial charge is 0.141 e. The lowest BCUT2D eigenvalue weighted by atomic mass is 10.2. The molecule has 0 amide bonds. The molecule has 4 heteroatoms. The number of hydrogen-bond acceptors (Lipinski definition) is 2. The van der Waals surface area contributed by atoms with Crippen molar-refractivity contribution in [3.63, 3.8) is 0 Å². The molecular formula is C24H23ClN2O. The first-order chi connectivity index (χ1) is 13.7. The third-order valence-corrected chi connectivity index (χ3v) is 5.28.